The van der Waals surface area contributed by atoms with Crippen molar-refractivity contribution in [3.05, 3.63) is 46.0 Å². The lowest BCUT2D eigenvalue weighted by Gasteiger charge is -2.33. The van der Waals surface area contributed by atoms with Gasteiger partial charge in [-0.15, -0.1) is 0 Å². The second-order valence-corrected chi connectivity index (χ2v) is 8.36. The van der Waals surface area contributed by atoms with Crippen LogP contribution < -0.4 is 15.5 Å². The molecule has 0 spiro atoms. The van der Waals surface area contributed by atoms with Gasteiger partial charge in [-0.05, 0) is 43.6 Å². The van der Waals surface area contributed by atoms with Gasteiger partial charge in [0.2, 0.25) is 17.6 Å². The highest BCUT2D eigenvalue weighted by Crippen LogP contribution is 2.35. The molecule has 0 bridgehead atoms. The van der Waals surface area contributed by atoms with Crippen LogP contribution in [0.25, 0.3) is 0 Å². The van der Waals surface area contributed by atoms with Crippen LogP contribution in [0.4, 0.5) is 23.3 Å². The smallest absolute Gasteiger partial charge is 0.353 e. The van der Waals surface area contributed by atoms with E-state index in [4.69, 9.17) is 5.73 Å². The zero-order valence-electron chi connectivity index (χ0n) is 17.4. The van der Waals surface area contributed by atoms with Crippen molar-refractivity contribution in [2.45, 2.75) is 44.9 Å². The van der Waals surface area contributed by atoms with Crippen LogP contribution in [-0.2, 0) is 6.42 Å². The van der Waals surface area contributed by atoms with E-state index in [9.17, 15) is 10.1 Å². The standard InChI is InChI=1S/C22H30N6O2/c23-20-19(28(29)30)21(25-22(24-20)27-12-6-1-2-7-13-27)26-14-10-18(11-15-26)16-17-8-4-3-5-9-17/h3-5,8-9,18H,1-2,6-7,10-16H2,(H2,23,24,25). The highest BCUT2D eigenvalue weighted by atomic mass is 16.6. The van der Waals surface area contributed by atoms with Crippen LogP contribution in [0, 0.1) is 16.0 Å². The van der Waals surface area contributed by atoms with E-state index < -0.39 is 4.92 Å². The molecular weight excluding hydrogens is 380 g/mol. The number of nitrogens with zero attached hydrogens (tertiary/aromatic N) is 5. The molecule has 2 saturated heterocycles. The minimum atomic E-state index is -0.438. The number of aromatic nitrogens is 2. The number of hydrogen-bond acceptors (Lipinski definition) is 7. The lowest BCUT2D eigenvalue weighted by molar-refractivity contribution is -0.383. The lowest BCUT2D eigenvalue weighted by atomic mass is 9.90. The Morgan fingerprint density at radius 3 is 2.27 bits per heavy atom. The van der Waals surface area contributed by atoms with Crippen molar-refractivity contribution in [1.29, 1.82) is 0 Å². The molecule has 0 unspecified atom stereocenters. The summed E-state index contributed by atoms with van der Waals surface area (Å²) in [6.45, 7) is 3.23. The molecule has 1 aromatic heterocycles. The molecule has 0 amide bonds. The van der Waals surface area contributed by atoms with Crippen molar-refractivity contribution < 1.29 is 4.92 Å². The van der Waals surface area contributed by atoms with E-state index in [1.807, 2.05) is 11.0 Å². The average molecular weight is 411 g/mol. The maximum absolute atomic E-state index is 11.7. The van der Waals surface area contributed by atoms with E-state index in [1.165, 1.54) is 18.4 Å². The predicted molar refractivity (Wildman–Crippen MR) is 119 cm³/mol. The van der Waals surface area contributed by atoms with E-state index in [0.29, 0.717) is 17.7 Å². The Hall–Kier alpha value is -2.90. The second-order valence-electron chi connectivity index (χ2n) is 8.36. The van der Waals surface area contributed by atoms with Crippen LogP contribution in [0.2, 0.25) is 0 Å². The van der Waals surface area contributed by atoms with Crippen molar-refractivity contribution in [1.82, 2.24) is 9.97 Å². The quantitative estimate of drug-likeness (QED) is 0.591. The fourth-order valence-electron chi connectivity index (χ4n) is 4.55. The number of anilines is 3. The summed E-state index contributed by atoms with van der Waals surface area (Å²) in [4.78, 5) is 24.4. The van der Waals surface area contributed by atoms with Gasteiger partial charge in [-0.25, -0.2) is 0 Å². The summed E-state index contributed by atoms with van der Waals surface area (Å²) in [5.41, 5.74) is 7.25. The van der Waals surface area contributed by atoms with Crippen molar-refractivity contribution in [3.63, 3.8) is 0 Å². The molecular formula is C22H30N6O2. The van der Waals surface area contributed by atoms with Crippen LogP contribution in [0.5, 0.6) is 0 Å². The van der Waals surface area contributed by atoms with Gasteiger partial charge in [0.25, 0.3) is 0 Å². The van der Waals surface area contributed by atoms with Crippen molar-refractivity contribution >= 4 is 23.3 Å². The molecule has 2 aliphatic rings. The molecule has 0 atom stereocenters. The first kappa shape index (κ1) is 20.4. The highest BCUT2D eigenvalue weighted by Gasteiger charge is 2.31. The van der Waals surface area contributed by atoms with Gasteiger partial charge in [-0.3, -0.25) is 10.1 Å². The molecule has 2 aromatic rings. The highest BCUT2D eigenvalue weighted by molar-refractivity contribution is 5.71. The number of hydrogen-bond donors (Lipinski definition) is 1. The topological polar surface area (TPSA) is 101 Å². The van der Waals surface area contributed by atoms with Crippen molar-refractivity contribution in [2.24, 2.45) is 5.92 Å². The molecule has 1 aromatic carbocycles. The molecule has 2 aliphatic heterocycles. The lowest BCUT2D eigenvalue weighted by Crippen LogP contribution is -2.36. The first-order valence-corrected chi connectivity index (χ1v) is 11.0. The van der Waals surface area contributed by atoms with Gasteiger partial charge < -0.3 is 15.5 Å². The molecule has 3 heterocycles. The molecule has 4 rings (SSSR count). The molecule has 0 saturated carbocycles. The van der Waals surface area contributed by atoms with Crippen LogP contribution in [-0.4, -0.2) is 41.1 Å². The second kappa shape index (κ2) is 9.28. The number of rotatable bonds is 5. The average Bonchev–Trinajstić information content (AvgIpc) is 3.04. The summed E-state index contributed by atoms with van der Waals surface area (Å²) in [7, 11) is 0. The van der Waals surface area contributed by atoms with E-state index >= 15 is 0 Å². The first-order chi connectivity index (χ1) is 14.6. The summed E-state index contributed by atoms with van der Waals surface area (Å²) in [5, 5.41) is 11.7. The third-order valence-corrected chi connectivity index (χ3v) is 6.23. The van der Waals surface area contributed by atoms with Crippen molar-refractivity contribution in [2.75, 3.05) is 41.7 Å². The van der Waals surface area contributed by atoms with Crippen LogP contribution in [0.1, 0.15) is 44.1 Å². The number of piperidine rings is 1. The Kier molecular flexibility index (Phi) is 6.30. The first-order valence-electron chi connectivity index (χ1n) is 11.0. The minimum absolute atomic E-state index is 0.0318. The van der Waals surface area contributed by atoms with Gasteiger partial charge in [0.1, 0.15) is 0 Å². The van der Waals surface area contributed by atoms with Gasteiger partial charge in [-0.2, -0.15) is 9.97 Å². The third-order valence-electron chi connectivity index (χ3n) is 6.23. The van der Waals surface area contributed by atoms with Crippen LogP contribution in [0.15, 0.2) is 30.3 Å². The van der Waals surface area contributed by atoms with Gasteiger partial charge in [0.05, 0.1) is 4.92 Å². The van der Waals surface area contributed by atoms with Crippen molar-refractivity contribution in [3.8, 4) is 0 Å². The van der Waals surface area contributed by atoms with Gasteiger partial charge >= 0.3 is 5.69 Å². The molecule has 160 valence electrons. The normalized spacial score (nSPS) is 18.3. The van der Waals surface area contributed by atoms with E-state index in [2.05, 4.69) is 39.1 Å². The Morgan fingerprint density at radius 1 is 0.967 bits per heavy atom. The summed E-state index contributed by atoms with van der Waals surface area (Å²) < 4.78 is 0. The number of nitrogens with two attached hydrogens (primary N) is 1. The number of nitrogen functional groups attached to an aromatic ring is 1. The van der Waals surface area contributed by atoms with E-state index in [0.717, 1.165) is 58.3 Å². The number of nitro groups is 1. The maximum atomic E-state index is 11.7. The third kappa shape index (κ3) is 4.63. The largest absolute Gasteiger partial charge is 0.378 e. The summed E-state index contributed by atoms with van der Waals surface area (Å²) in [6, 6.07) is 10.5. The Balaban J connectivity index is 1.52. The van der Waals surface area contributed by atoms with Crippen LogP contribution >= 0.6 is 0 Å². The molecule has 0 aliphatic carbocycles. The van der Waals surface area contributed by atoms with E-state index in [1.54, 1.807) is 0 Å². The molecule has 2 fully saturated rings. The molecule has 2 N–H and O–H groups in total. The molecule has 30 heavy (non-hydrogen) atoms. The minimum Gasteiger partial charge on any atom is -0.378 e. The SMILES string of the molecule is Nc1nc(N2CCCCCC2)nc(N2CCC(Cc3ccccc3)CC2)c1[N+](=O)[O-]. The monoisotopic (exact) mass is 410 g/mol. The Morgan fingerprint density at radius 2 is 1.63 bits per heavy atom. The predicted octanol–water partition coefficient (Wildman–Crippen LogP) is 3.81. The Bertz CT molecular complexity index is 859. The van der Waals surface area contributed by atoms with E-state index in [-0.39, 0.29) is 11.5 Å². The maximum Gasteiger partial charge on any atom is 0.353 e. The zero-order valence-corrected chi connectivity index (χ0v) is 17.4. The summed E-state index contributed by atoms with van der Waals surface area (Å²) in [6.07, 6.45) is 7.56. The zero-order chi connectivity index (χ0) is 20.9. The summed E-state index contributed by atoms with van der Waals surface area (Å²) in [5.74, 6) is 1.45. The van der Waals surface area contributed by atoms with Gasteiger partial charge in [0.15, 0.2) is 0 Å². The summed E-state index contributed by atoms with van der Waals surface area (Å²) >= 11 is 0. The molecule has 8 heteroatoms. The number of benzene rings is 1. The molecule has 8 nitrogen and oxygen atoms in total. The van der Waals surface area contributed by atoms with Gasteiger partial charge in [0, 0.05) is 26.2 Å². The van der Waals surface area contributed by atoms with Crippen LogP contribution in [0.3, 0.4) is 0 Å². The molecule has 0 radical (unpaired) electrons. The fourth-order valence-corrected chi connectivity index (χ4v) is 4.55. The Labute approximate surface area is 177 Å². The fraction of sp³-hybridized carbons (Fsp3) is 0.545. The van der Waals surface area contributed by atoms with Gasteiger partial charge in [-0.1, -0.05) is 43.2 Å².